The number of benzene rings is 6. The van der Waals surface area contributed by atoms with Crippen LogP contribution in [0.5, 0.6) is 0 Å². The molecule has 0 amide bonds. The standard InChI is InChI=1S/C46H46As2/c1-34-16-24-38(25-17-34)47(39-26-18-35(2)19-27-39)44-14-8-6-12-42(44)46(32-10-5-11-33-46)43-13-7-9-15-45(43)48(40-28-20-36(3)21-29-40)41-30-22-37(4)23-31-41/h6-9,12-31H,5,10-11,32-33H2,1-4H3. The molecule has 240 valence electrons. The zero-order valence-corrected chi connectivity index (χ0v) is 32.5. The van der Waals surface area contributed by atoms with E-state index in [2.05, 4.69) is 173 Å². The van der Waals surface area contributed by atoms with Gasteiger partial charge in [-0.15, -0.1) is 0 Å². The molecule has 2 heteroatoms. The van der Waals surface area contributed by atoms with Crippen LogP contribution in [-0.2, 0) is 5.41 Å². The van der Waals surface area contributed by atoms with Gasteiger partial charge >= 0.3 is 300 Å². The summed E-state index contributed by atoms with van der Waals surface area (Å²) in [6, 6.07) is 57.2. The molecule has 0 unspecified atom stereocenters. The molecule has 0 radical (unpaired) electrons. The Hall–Kier alpha value is -3.56. The third-order valence-electron chi connectivity index (χ3n) is 10.2. The van der Waals surface area contributed by atoms with Crippen molar-refractivity contribution in [1.29, 1.82) is 0 Å². The molecule has 0 aliphatic heterocycles. The van der Waals surface area contributed by atoms with Gasteiger partial charge in [-0.1, -0.05) is 0 Å². The summed E-state index contributed by atoms with van der Waals surface area (Å²) in [5.41, 5.74) is 8.45. The Morgan fingerprint density at radius 3 is 0.958 bits per heavy atom. The molecule has 1 saturated carbocycles. The molecule has 48 heavy (non-hydrogen) atoms. The van der Waals surface area contributed by atoms with Crippen molar-refractivity contribution >= 4 is 55.4 Å². The molecule has 1 aliphatic rings. The van der Waals surface area contributed by atoms with E-state index in [1.54, 1.807) is 19.8 Å². The summed E-state index contributed by atoms with van der Waals surface area (Å²) in [5, 5.41) is 0. The molecular formula is C46H46As2. The summed E-state index contributed by atoms with van der Waals surface area (Å²) in [4.78, 5) is 0. The van der Waals surface area contributed by atoms with E-state index in [1.807, 2.05) is 0 Å². The second-order valence-corrected chi connectivity index (χ2v) is 22.9. The van der Waals surface area contributed by atoms with Crippen LogP contribution in [0.4, 0.5) is 0 Å². The summed E-state index contributed by atoms with van der Waals surface area (Å²) in [6.45, 7) is 8.82. The number of hydrogen-bond donors (Lipinski definition) is 0. The number of aryl methyl sites for hydroxylation is 4. The van der Waals surface area contributed by atoms with Gasteiger partial charge in [0.15, 0.2) is 0 Å². The van der Waals surface area contributed by atoms with Gasteiger partial charge in [0.2, 0.25) is 0 Å². The molecule has 7 rings (SSSR count). The van der Waals surface area contributed by atoms with Crippen LogP contribution in [0.25, 0.3) is 0 Å². The Morgan fingerprint density at radius 1 is 0.354 bits per heavy atom. The van der Waals surface area contributed by atoms with E-state index in [0.717, 1.165) is 0 Å². The van der Waals surface area contributed by atoms with Gasteiger partial charge in [0.25, 0.3) is 0 Å². The van der Waals surface area contributed by atoms with Crippen LogP contribution in [0.15, 0.2) is 146 Å². The minimum absolute atomic E-state index is 0.0176. The number of hydrogen-bond acceptors (Lipinski definition) is 0. The van der Waals surface area contributed by atoms with Crippen molar-refractivity contribution in [2.75, 3.05) is 0 Å². The van der Waals surface area contributed by atoms with E-state index in [4.69, 9.17) is 0 Å². The molecule has 6 aromatic rings. The zero-order valence-electron chi connectivity index (χ0n) is 28.8. The van der Waals surface area contributed by atoms with E-state index in [-0.39, 0.29) is 5.41 Å². The Kier molecular flexibility index (Phi) is 9.96. The van der Waals surface area contributed by atoms with Gasteiger partial charge < -0.3 is 0 Å². The van der Waals surface area contributed by atoms with Gasteiger partial charge in [-0.3, -0.25) is 0 Å². The van der Waals surface area contributed by atoms with Crippen LogP contribution in [-0.4, -0.2) is 29.3 Å². The summed E-state index contributed by atoms with van der Waals surface area (Å²) < 4.78 is 9.23. The molecule has 6 aromatic carbocycles. The van der Waals surface area contributed by atoms with Gasteiger partial charge in [-0.25, -0.2) is 0 Å². The van der Waals surface area contributed by atoms with Crippen molar-refractivity contribution in [1.82, 2.24) is 0 Å². The molecule has 0 atom stereocenters. The van der Waals surface area contributed by atoms with E-state index in [0.29, 0.717) is 0 Å². The molecule has 0 N–H and O–H groups in total. The Morgan fingerprint density at radius 2 is 0.646 bits per heavy atom. The fourth-order valence-corrected chi connectivity index (χ4v) is 18.2. The normalized spacial score (nSPS) is 14.4. The van der Waals surface area contributed by atoms with Crippen LogP contribution in [0.3, 0.4) is 0 Å². The molecule has 0 nitrogen and oxygen atoms in total. The summed E-state index contributed by atoms with van der Waals surface area (Å²) >= 11 is -3.77. The molecular weight excluding hydrogens is 702 g/mol. The average molecular weight is 749 g/mol. The van der Waals surface area contributed by atoms with E-state index >= 15 is 0 Å². The Balaban J connectivity index is 1.47. The maximum absolute atomic E-state index is 2.52. The van der Waals surface area contributed by atoms with Gasteiger partial charge in [0.05, 0.1) is 0 Å². The first-order valence-electron chi connectivity index (χ1n) is 17.5. The van der Waals surface area contributed by atoms with Gasteiger partial charge in [0.1, 0.15) is 0 Å². The van der Waals surface area contributed by atoms with Crippen molar-refractivity contribution in [2.24, 2.45) is 0 Å². The number of rotatable bonds is 8. The van der Waals surface area contributed by atoms with Crippen molar-refractivity contribution in [3.63, 3.8) is 0 Å². The van der Waals surface area contributed by atoms with Crippen LogP contribution < -0.4 is 26.1 Å². The first-order valence-corrected chi connectivity index (χ1v) is 23.1. The fourth-order valence-electron chi connectivity index (χ4n) is 7.62. The molecule has 0 heterocycles. The predicted octanol–water partition coefficient (Wildman–Crippen LogP) is 7.20. The Labute approximate surface area is 297 Å². The van der Waals surface area contributed by atoms with Crippen molar-refractivity contribution in [3.05, 3.63) is 179 Å². The van der Waals surface area contributed by atoms with Crippen LogP contribution in [0, 0.1) is 27.7 Å². The maximum atomic E-state index is 2.52. The minimum atomic E-state index is -1.88. The van der Waals surface area contributed by atoms with Crippen LogP contribution in [0.2, 0.25) is 0 Å². The van der Waals surface area contributed by atoms with Crippen LogP contribution >= 0.6 is 0 Å². The molecule has 0 aromatic heterocycles. The van der Waals surface area contributed by atoms with Crippen LogP contribution in [0.1, 0.15) is 65.5 Å². The first kappa shape index (κ1) is 33.0. The van der Waals surface area contributed by atoms with E-state index in [9.17, 15) is 0 Å². The third kappa shape index (κ3) is 6.68. The van der Waals surface area contributed by atoms with Gasteiger partial charge in [-0.05, 0) is 0 Å². The molecule has 0 saturated heterocycles. The van der Waals surface area contributed by atoms with Crippen molar-refractivity contribution < 1.29 is 0 Å². The molecule has 0 spiro atoms. The summed E-state index contributed by atoms with van der Waals surface area (Å²) in [7, 11) is 0. The molecule has 0 bridgehead atoms. The zero-order chi connectivity index (χ0) is 33.1. The van der Waals surface area contributed by atoms with Gasteiger partial charge in [0, 0.05) is 0 Å². The fraction of sp³-hybridized carbons (Fsp3) is 0.217. The van der Waals surface area contributed by atoms with Crippen molar-refractivity contribution in [3.8, 4) is 0 Å². The first-order chi connectivity index (χ1) is 23.4. The SMILES string of the molecule is Cc1ccc([As](c2ccc(C)cc2)c2ccccc2C2(c3ccccc3[As](c3ccc(C)cc3)c3ccc(C)cc3)CCCCC2)cc1. The quantitative estimate of drug-likeness (QED) is 0.145. The summed E-state index contributed by atoms with van der Waals surface area (Å²) in [6.07, 6.45) is 6.27. The van der Waals surface area contributed by atoms with Crippen molar-refractivity contribution in [2.45, 2.75) is 65.2 Å². The Bertz CT molecular complexity index is 1730. The molecule has 1 fully saturated rings. The summed E-state index contributed by atoms with van der Waals surface area (Å²) in [5.74, 6) is 0. The van der Waals surface area contributed by atoms with E-state index in [1.165, 1.54) is 71.8 Å². The second-order valence-electron chi connectivity index (χ2n) is 13.7. The predicted molar refractivity (Wildman–Crippen MR) is 211 cm³/mol. The van der Waals surface area contributed by atoms with Gasteiger partial charge in [-0.2, -0.15) is 0 Å². The monoisotopic (exact) mass is 748 g/mol. The molecule has 1 aliphatic carbocycles. The second kappa shape index (κ2) is 14.5. The average Bonchev–Trinajstić information content (AvgIpc) is 3.12. The van der Waals surface area contributed by atoms with E-state index < -0.39 is 29.3 Å². The topological polar surface area (TPSA) is 0 Å². The third-order valence-corrected chi connectivity index (χ3v) is 20.7.